The summed E-state index contributed by atoms with van der Waals surface area (Å²) in [5.74, 6) is -0.365. The molecule has 0 aliphatic heterocycles. The number of carbonyl (C=O) groups excluding carboxylic acids is 2. The van der Waals surface area contributed by atoms with Crippen LogP contribution in [-0.4, -0.2) is 29.5 Å². The molecule has 0 heterocycles. The molecule has 22 heavy (non-hydrogen) atoms. The molecule has 0 aliphatic rings. The lowest BCUT2D eigenvalue weighted by molar-refractivity contribution is -0.142. The molecule has 0 bridgehead atoms. The summed E-state index contributed by atoms with van der Waals surface area (Å²) in [6, 6.07) is 4.76. The third-order valence-electron chi connectivity index (χ3n) is 2.49. The topological polar surface area (TPSA) is 96.9 Å². The smallest absolute Gasteiger partial charge is 0.412 e. The third kappa shape index (κ3) is 6.01. The third-order valence-corrected chi connectivity index (χ3v) is 2.49. The molecule has 3 N–H and O–H groups in total. The number of benzene rings is 1. The molecule has 7 heteroatoms. The molecule has 0 aliphatic carbocycles. The molecular weight excluding hydrogens is 288 g/mol. The van der Waals surface area contributed by atoms with Crippen molar-refractivity contribution < 1.29 is 24.3 Å². The first-order valence-corrected chi connectivity index (χ1v) is 6.94. The average Bonchev–Trinajstić information content (AvgIpc) is 2.37. The van der Waals surface area contributed by atoms with Crippen LogP contribution in [0, 0.1) is 0 Å². The van der Waals surface area contributed by atoms with E-state index in [9.17, 15) is 9.59 Å². The van der Waals surface area contributed by atoms with E-state index in [1.165, 1.54) is 0 Å². The van der Waals surface area contributed by atoms with E-state index in [2.05, 4.69) is 5.32 Å². The quantitative estimate of drug-likeness (QED) is 0.571. The predicted molar refractivity (Wildman–Crippen MR) is 82.0 cm³/mol. The van der Waals surface area contributed by atoms with E-state index < -0.39 is 11.7 Å². The molecule has 7 nitrogen and oxygen atoms in total. The van der Waals surface area contributed by atoms with Crippen LogP contribution in [-0.2, 0) is 20.7 Å². The first kappa shape index (κ1) is 17.8. The molecular formula is C15H22N2O5. The first-order valence-electron chi connectivity index (χ1n) is 6.94. The Hall–Kier alpha value is -2.28. The number of hydrogen-bond donors (Lipinski definition) is 3. The van der Waals surface area contributed by atoms with Crippen LogP contribution in [0.25, 0.3) is 0 Å². The van der Waals surface area contributed by atoms with E-state index in [0.29, 0.717) is 23.5 Å². The van der Waals surface area contributed by atoms with Gasteiger partial charge in [0, 0.05) is 0 Å². The Morgan fingerprint density at radius 1 is 1.23 bits per heavy atom. The average molecular weight is 310 g/mol. The highest BCUT2D eigenvalue weighted by Crippen LogP contribution is 2.24. The number of anilines is 2. The van der Waals surface area contributed by atoms with Gasteiger partial charge in [0.05, 0.1) is 24.4 Å². The minimum absolute atomic E-state index is 0.0720. The summed E-state index contributed by atoms with van der Waals surface area (Å²) in [6.45, 7) is 7.27. The molecule has 0 spiro atoms. The number of nitrogens with one attached hydrogen (secondary N) is 2. The van der Waals surface area contributed by atoms with Crippen LogP contribution in [0.5, 0.6) is 0 Å². The maximum Gasteiger partial charge on any atom is 0.412 e. The number of esters is 1. The van der Waals surface area contributed by atoms with Gasteiger partial charge in [0.1, 0.15) is 5.60 Å². The molecule has 0 saturated carbocycles. The molecule has 1 rings (SSSR count). The fraction of sp³-hybridized carbons (Fsp3) is 0.467. The van der Waals surface area contributed by atoms with Crippen molar-refractivity contribution in [2.75, 3.05) is 17.4 Å². The Balaban J connectivity index is 2.87. The Bertz CT molecular complexity index is 537. The molecule has 0 aromatic heterocycles. The summed E-state index contributed by atoms with van der Waals surface area (Å²) in [4.78, 5) is 23.3. The first-order chi connectivity index (χ1) is 10.2. The maximum absolute atomic E-state index is 11.8. The molecule has 1 aromatic carbocycles. The van der Waals surface area contributed by atoms with E-state index >= 15 is 0 Å². The Labute approximate surface area is 129 Å². The van der Waals surface area contributed by atoms with Crippen molar-refractivity contribution in [1.29, 1.82) is 0 Å². The van der Waals surface area contributed by atoms with Crippen LogP contribution < -0.4 is 10.8 Å². The number of ether oxygens (including phenoxy) is 2. The fourth-order valence-corrected chi connectivity index (χ4v) is 1.69. The van der Waals surface area contributed by atoms with E-state index in [-0.39, 0.29) is 12.4 Å². The summed E-state index contributed by atoms with van der Waals surface area (Å²) in [6.07, 6.45) is -0.583. The fourth-order valence-electron chi connectivity index (χ4n) is 1.69. The molecule has 1 aromatic rings. The molecule has 0 atom stereocenters. The van der Waals surface area contributed by atoms with Gasteiger partial charge in [-0.3, -0.25) is 20.8 Å². The lowest BCUT2D eigenvalue weighted by Gasteiger charge is -2.20. The normalized spacial score (nSPS) is 10.8. The number of rotatable bonds is 5. The molecule has 0 saturated heterocycles. The molecule has 0 unspecified atom stereocenters. The van der Waals surface area contributed by atoms with E-state index in [4.69, 9.17) is 14.7 Å². The Morgan fingerprint density at radius 2 is 1.91 bits per heavy atom. The van der Waals surface area contributed by atoms with E-state index in [1.807, 2.05) is 5.48 Å². The van der Waals surface area contributed by atoms with Crippen molar-refractivity contribution in [3.05, 3.63) is 23.8 Å². The minimum atomic E-state index is -0.655. The zero-order valence-corrected chi connectivity index (χ0v) is 13.2. The second kappa shape index (κ2) is 7.65. The van der Waals surface area contributed by atoms with Crippen molar-refractivity contribution in [2.45, 2.75) is 39.7 Å². The van der Waals surface area contributed by atoms with Gasteiger partial charge in [-0.15, -0.1) is 0 Å². The summed E-state index contributed by atoms with van der Waals surface area (Å²) in [7, 11) is 0. The summed E-state index contributed by atoms with van der Waals surface area (Å²) in [5.41, 5.74) is 2.58. The van der Waals surface area contributed by atoms with Crippen LogP contribution in [0.15, 0.2) is 18.2 Å². The number of carbonyl (C=O) groups is 2. The monoisotopic (exact) mass is 310 g/mol. The van der Waals surface area contributed by atoms with Gasteiger partial charge in [-0.1, -0.05) is 6.07 Å². The van der Waals surface area contributed by atoms with Gasteiger partial charge < -0.3 is 9.47 Å². The van der Waals surface area contributed by atoms with Crippen molar-refractivity contribution >= 4 is 23.4 Å². The van der Waals surface area contributed by atoms with Crippen molar-refractivity contribution in [1.82, 2.24) is 0 Å². The maximum atomic E-state index is 11.8. The molecule has 1 amide bonds. The van der Waals surface area contributed by atoms with Gasteiger partial charge in [0.2, 0.25) is 0 Å². The lowest BCUT2D eigenvalue weighted by Crippen LogP contribution is -2.27. The molecule has 0 radical (unpaired) electrons. The second-order valence-corrected chi connectivity index (χ2v) is 5.60. The van der Waals surface area contributed by atoms with E-state index in [1.54, 1.807) is 45.9 Å². The molecule has 122 valence electrons. The zero-order valence-electron chi connectivity index (χ0n) is 13.2. The number of hydrogen-bond acceptors (Lipinski definition) is 6. The predicted octanol–water partition coefficient (Wildman–Crippen LogP) is 2.94. The Morgan fingerprint density at radius 3 is 2.45 bits per heavy atom. The lowest BCUT2D eigenvalue weighted by atomic mass is 10.1. The summed E-state index contributed by atoms with van der Waals surface area (Å²) in [5, 5.41) is 11.6. The standard InChI is InChI=1S/C15H22N2O5/c1-5-21-13(18)9-10-6-7-11(17-20)12(8-10)16-14(19)22-15(2,3)4/h6-8,17,20H,5,9H2,1-4H3,(H,16,19). The van der Waals surface area contributed by atoms with Crippen molar-refractivity contribution in [3.8, 4) is 0 Å². The van der Waals surface area contributed by atoms with Crippen LogP contribution in [0.4, 0.5) is 16.2 Å². The van der Waals surface area contributed by atoms with Crippen LogP contribution >= 0.6 is 0 Å². The van der Waals surface area contributed by atoms with Crippen LogP contribution in [0.2, 0.25) is 0 Å². The molecule has 0 fully saturated rings. The van der Waals surface area contributed by atoms with Gasteiger partial charge in [-0.05, 0) is 45.4 Å². The van der Waals surface area contributed by atoms with Gasteiger partial charge in [-0.25, -0.2) is 4.79 Å². The van der Waals surface area contributed by atoms with Gasteiger partial charge in [0.25, 0.3) is 0 Å². The van der Waals surface area contributed by atoms with Gasteiger partial charge in [-0.2, -0.15) is 0 Å². The Kier molecular flexibility index (Phi) is 6.18. The zero-order chi connectivity index (χ0) is 16.8. The van der Waals surface area contributed by atoms with Crippen LogP contribution in [0.3, 0.4) is 0 Å². The summed E-state index contributed by atoms with van der Waals surface area (Å²) >= 11 is 0. The SMILES string of the molecule is CCOC(=O)Cc1ccc(NO)c(NC(=O)OC(C)(C)C)c1. The highest BCUT2D eigenvalue weighted by molar-refractivity contribution is 5.90. The van der Waals surface area contributed by atoms with Crippen molar-refractivity contribution in [2.24, 2.45) is 0 Å². The highest BCUT2D eigenvalue weighted by Gasteiger charge is 2.17. The minimum Gasteiger partial charge on any atom is -0.466 e. The van der Waals surface area contributed by atoms with Gasteiger partial charge >= 0.3 is 12.1 Å². The summed E-state index contributed by atoms with van der Waals surface area (Å²) < 4.78 is 10.0. The highest BCUT2D eigenvalue weighted by atomic mass is 16.6. The number of amides is 1. The van der Waals surface area contributed by atoms with Crippen molar-refractivity contribution in [3.63, 3.8) is 0 Å². The van der Waals surface area contributed by atoms with Crippen LogP contribution in [0.1, 0.15) is 33.3 Å². The van der Waals surface area contributed by atoms with E-state index in [0.717, 1.165) is 0 Å². The second-order valence-electron chi connectivity index (χ2n) is 5.60. The largest absolute Gasteiger partial charge is 0.466 e. The van der Waals surface area contributed by atoms with Gasteiger partial charge in [0.15, 0.2) is 0 Å².